The summed E-state index contributed by atoms with van der Waals surface area (Å²) in [5.41, 5.74) is -1.11. The summed E-state index contributed by atoms with van der Waals surface area (Å²) in [6.45, 7) is 0.680. The van der Waals surface area contributed by atoms with Crippen LogP contribution in [0.1, 0.15) is 12.5 Å². The highest BCUT2D eigenvalue weighted by Crippen LogP contribution is 2.60. The van der Waals surface area contributed by atoms with E-state index in [1.165, 1.54) is 18.2 Å². The monoisotopic (exact) mass is 436 g/mol. The van der Waals surface area contributed by atoms with Gasteiger partial charge in [0, 0.05) is 0 Å². The topological polar surface area (TPSA) is 0 Å². The van der Waals surface area contributed by atoms with E-state index in [1.54, 1.807) is 0 Å². The molecule has 0 aliphatic carbocycles. The lowest BCUT2D eigenvalue weighted by atomic mass is 9.92. The Hall–Kier alpha value is -1.95. The second-order valence-corrected chi connectivity index (χ2v) is 5.61. The predicted molar refractivity (Wildman–Crippen MR) is 70.9 cm³/mol. The van der Waals surface area contributed by atoms with Crippen LogP contribution in [0.3, 0.4) is 0 Å². The first kappa shape index (κ1) is 24.1. The molecular weight excluding hydrogens is 427 g/mol. The van der Waals surface area contributed by atoms with Gasteiger partial charge >= 0.3 is 35.8 Å². The number of halogens is 13. The van der Waals surface area contributed by atoms with Crippen LogP contribution in [0.2, 0.25) is 0 Å². The molecule has 0 fully saturated rings. The van der Waals surface area contributed by atoms with Crippen molar-refractivity contribution in [2.24, 2.45) is 0 Å². The second-order valence-electron chi connectivity index (χ2n) is 5.61. The van der Waals surface area contributed by atoms with E-state index in [9.17, 15) is 57.1 Å². The number of rotatable bonds is 6. The Morgan fingerprint density at radius 1 is 0.607 bits per heavy atom. The minimum Gasteiger partial charge on any atom is -0.195 e. The zero-order chi connectivity index (χ0) is 22.4. The number of hydrogen-bond acceptors (Lipinski definition) is 0. The molecule has 0 amide bonds. The van der Waals surface area contributed by atoms with E-state index in [0.29, 0.717) is 6.92 Å². The molecule has 1 aromatic carbocycles. The molecule has 0 N–H and O–H groups in total. The molecule has 1 rings (SSSR count). The molecule has 0 unspecified atom stereocenters. The number of alkyl halides is 13. The first-order valence-corrected chi connectivity index (χ1v) is 6.94. The molecule has 0 saturated heterocycles. The van der Waals surface area contributed by atoms with Gasteiger partial charge in [0.05, 0.1) is 0 Å². The van der Waals surface area contributed by atoms with Crippen molar-refractivity contribution in [1.82, 2.24) is 0 Å². The van der Waals surface area contributed by atoms with Crippen molar-refractivity contribution in [2.75, 3.05) is 0 Å². The third kappa shape index (κ3) is 3.54. The molecule has 0 atom stereocenters. The molecule has 28 heavy (non-hydrogen) atoms. The van der Waals surface area contributed by atoms with Crippen LogP contribution in [0.5, 0.6) is 0 Å². The van der Waals surface area contributed by atoms with Gasteiger partial charge in [0.25, 0.3) is 0 Å². The molecule has 0 radical (unpaired) electrons. The normalized spacial score (nSPS) is 15.7. The maximum absolute atomic E-state index is 13.7. The van der Waals surface area contributed by atoms with Crippen LogP contribution >= 0.6 is 0 Å². The highest BCUT2D eigenvalue weighted by molar-refractivity contribution is 5.64. The van der Waals surface area contributed by atoms with Crippen LogP contribution in [0.25, 0.3) is 5.57 Å². The van der Waals surface area contributed by atoms with Crippen LogP contribution in [0.4, 0.5) is 57.1 Å². The molecule has 0 aliphatic rings. The molecule has 0 saturated carbocycles. The Bertz CT molecular complexity index is 713. The molecule has 0 aromatic heterocycles. The van der Waals surface area contributed by atoms with Crippen molar-refractivity contribution < 1.29 is 57.1 Å². The molecule has 0 bridgehead atoms. The van der Waals surface area contributed by atoms with Gasteiger partial charge in [-0.3, -0.25) is 0 Å². The van der Waals surface area contributed by atoms with Gasteiger partial charge in [0.1, 0.15) is 0 Å². The van der Waals surface area contributed by atoms with Crippen molar-refractivity contribution in [1.29, 1.82) is 0 Å². The van der Waals surface area contributed by atoms with E-state index >= 15 is 0 Å². The minimum absolute atomic E-state index is 0.256. The molecule has 0 spiro atoms. The van der Waals surface area contributed by atoms with Crippen molar-refractivity contribution >= 4 is 5.57 Å². The molecule has 13 heteroatoms. The van der Waals surface area contributed by atoms with Crippen molar-refractivity contribution in [3.8, 4) is 0 Å². The van der Waals surface area contributed by atoms with Crippen molar-refractivity contribution in [2.45, 2.75) is 42.7 Å². The summed E-state index contributed by atoms with van der Waals surface area (Å²) in [5, 5.41) is 0. The quantitative estimate of drug-likeness (QED) is 0.429. The summed E-state index contributed by atoms with van der Waals surface area (Å²) in [6, 6.07) is 5.82. The summed E-state index contributed by atoms with van der Waals surface area (Å²) in [4.78, 5) is 0. The Morgan fingerprint density at radius 3 is 1.39 bits per heavy atom. The standard InChI is InChI=1S/C15H9F13/c1-8(9-5-3-2-4-6-9)7-10(16,17)11(18,19)12(20,21)13(22,23)14(24,25)15(26,27)28/h2-7H,1H3/b8-7+. The maximum Gasteiger partial charge on any atom is 0.460 e. The highest BCUT2D eigenvalue weighted by Gasteiger charge is 2.90. The van der Waals surface area contributed by atoms with E-state index in [1.807, 2.05) is 0 Å². The van der Waals surface area contributed by atoms with Crippen molar-refractivity contribution in [3.05, 3.63) is 42.0 Å². The summed E-state index contributed by atoms with van der Waals surface area (Å²) in [5.74, 6) is -36.9. The molecule has 0 nitrogen and oxygen atoms in total. The molecule has 0 heterocycles. The third-order valence-electron chi connectivity index (χ3n) is 3.58. The fraction of sp³-hybridized carbons (Fsp3) is 0.467. The molecule has 1 aromatic rings. The van der Waals surface area contributed by atoms with Crippen molar-refractivity contribution in [3.63, 3.8) is 0 Å². The Labute approximate surface area is 148 Å². The van der Waals surface area contributed by atoms with Crippen LogP contribution in [-0.2, 0) is 0 Å². The first-order valence-electron chi connectivity index (χ1n) is 6.94. The zero-order valence-corrected chi connectivity index (χ0v) is 13.4. The third-order valence-corrected chi connectivity index (χ3v) is 3.58. The molecule has 0 aliphatic heterocycles. The van der Waals surface area contributed by atoms with Crippen LogP contribution in [-0.4, -0.2) is 35.8 Å². The minimum atomic E-state index is -7.89. The fourth-order valence-corrected chi connectivity index (χ4v) is 1.93. The van der Waals surface area contributed by atoms with Gasteiger partial charge in [0.15, 0.2) is 0 Å². The lowest BCUT2D eigenvalue weighted by Crippen LogP contribution is -2.69. The Morgan fingerprint density at radius 2 is 1.00 bits per heavy atom. The Balaban J connectivity index is 3.49. The second kappa shape index (κ2) is 6.83. The maximum atomic E-state index is 13.7. The summed E-state index contributed by atoms with van der Waals surface area (Å²) in [6.07, 6.45) is -8.33. The van der Waals surface area contributed by atoms with Gasteiger partial charge in [0.2, 0.25) is 0 Å². The van der Waals surface area contributed by atoms with Gasteiger partial charge in [-0.05, 0) is 24.1 Å². The van der Waals surface area contributed by atoms with Gasteiger partial charge in [-0.25, -0.2) is 0 Å². The summed E-state index contributed by atoms with van der Waals surface area (Å²) < 4.78 is 169. The summed E-state index contributed by atoms with van der Waals surface area (Å²) in [7, 11) is 0. The van der Waals surface area contributed by atoms with E-state index in [2.05, 4.69) is 0 Å². The zero-order valence-electron chi connectivity index (χ0n) is 13.4. The highest BCUT2D eigenvalue weighted by atomic mass is 19.4. The van der Waals surface area contributed by atoms with Crippen LogP contribution in [0.15, 0.2) is 36.4 Å². The largest absolute Gasteiger partial charge is 0.460 e. The van der Waals surface area contributed by atoms with Gasteiger partial charge in [-0.2, -0.15) is 57.1 Å². The fourth-order valence-electron chi connectivity index (χ4n) is 1.93. The smallest absolute Gasteiger partial charge is 0.195 e. The number of allylic oxidation sites excluding steroid dienone is 2. The SMILES string of the molecule is C/C(=C\C(F)(F)C(F)(F)C(F)(F)C(F)(F)C(F)(F)C(F)(F)F)c1ccccc1. The predicted octanol–water partition coefficient (Wildman–Crippen LogP) is 6.83. The number of benzene rings is 1. The van der Waals surface area contributed by atoms with Crippen LogP contribution in [0, 0.1) is 0 Å². The van der Waals surface area contributed by atoms with Gasteiger partial charge in [-0.15, -0.1) is 0 Å². The van der Waals surface area contributed by atoms with Crippen LogP contribution < -0.4 is 0 Å². The lowest BCUT2D eigenvalue weighted by molar-refractivity contribution is -0.436. The van der Waals surface area contributed by atoms with Gasteiger partial charge in [-0.1, -0.05) is 30.3 Å². The average Bonchev–Trinajstić information content (AvgIpc) is 2.53. The summed E-state index contributed by atoms with van der Waals surface area (Å²) >= 11 is 0. The molecular formula is C15H9F13. The van der Waals surface area contributed by atoms with E-state index in [4.69, 9.17) is 0 Å². The van der Waals surface area contributed by atoms with E-state index in [-0.39, 0.29) is 5.56 Å². The van der Waals surface area contributed by atoms with Gasteiger partial charge < -0.3 is 0 Å². The van der Waals surface area contributed by atoms with E-state index in [0.717, 1.165) is 12.1 Å². The lowest BCUT2D eigenvalue weighted by Gasteiger charge is -2.39. The van der Waals surface area contributed by atoms with E-state index < -0.39 is 47.4 Å². The Kier molecular flexibility index (Phi) is 5.88. The molecule has 160 valence electrons. The first-order chi connectivity index (χ1) is 12.2. The number of hydrogen-bond donors (Lipinski definition) is 0. The average molecular weight is 436 g/mol.